The van der Waals surface area contributed by atoms with Gasteiger partial charge < -0.3 is 0 Å². The number of aryl methyl sites for hydroxylation is 1. The quantitative estimate of drug-likeness (QED) is 0.789. The predicted molar refractivity (Wildman–Crippen MR) is 66.6 cm³/mol. The lowest BCUT2D eigenvalue weighted by Gasteiger charge is -2.17. The molecule has 3 rings (SSSR count). The van der Waals surface area contributed by atoms with E-state index in [9.17, 15) is 0 Å². The number of thioether (sulfide) groups is 1. The molecule has 2 aliphatic rings. The van der Waals surface area contributed by atoms with E-state index in [4.69, 9.17) is 4.98 Å². The van der Waals surface area contributed by atoms with Crippen molar-refractivity contribution < 1.29 is 0 Å². The monoisotopic (exact) mass is 237 g/mol. The summed E-state index contributed by atoms with van der Waals surface area (Å²) in [6.07, 6.45) is 4.84. The smallest absolute Gasteiger partial charge is 0.151 e. The van der Waals surface area contributed by atoms with E-state index in [0.29, 0.717) is 0 Å². The zero-order chi connectivity index (χ0) is 11.0. The minimum absolute atomic E-state index is 0.768. The minimum atomic E-state index is 0.768. The first kappa shape index (κ1) is 10.6. The Labute approximate surface area is 101 Å². The van der Waals surface area contributed by atoms with E-state index in [-0.39, 0.29) is 0 Å². The van der Waals surface area contributed by atoms with E-state index in [1.54, 1.807) is 0 Å². The van der Waals surface area contributed by atoms with Crippen molar-refractivity contribution >= 4 is 11.8 Å². The molecule has 3 heterocycles. The van der Waals surface area contributed by atoms with Gasteiger partial charge in [0.15, 0.2) is 5.82 Å². The SMILES string of the molecule is CC1CCc2nc(CC3CCSC3)nn2C1. The van der Waals surface area contributed by atoms with Crippen molar-refractivity contribution in [3.63, 3.8) is 0 Å². The molecule has 0 bridgehead atoms. The zero-order valence-electron chi connectivity index (χ0n) is 9.85. The normalized spacial score (nSPS) is 29.3. The first-order valence-corrected chi connectivity index (χ1v) is 7.47. The summed E-state index contributed by atoms with van der Waals surface area (Å²) in [4.78, 5) is 4.69. The van der Waals surface area contributed by atoms with Gasteiger partial charge in [0.1, 0.15) is 5.82 Å². The topological polar surface area (TPSA) is 30.7 Å². The molecule has 0 aromatic carbocycles. The molecule has 0 spiro atoms. The molecule has 2 aliphatic heterocycles. The third kappa shape index (κ3) is 2.12. The van der Waals surface area contributed by atoms with Crippen LogP contribution in [0.2, 0.25) is 0 Å². The Morgan fingerprint density at radius 1 is 1.44 bits per heavy atom. The molecule has 0 aliphatic carbocycles. The number of fused-ring (bicyclic) bond motifs is 1. The summed E-state index contributed by atoms with van der Waals surface area (Å²) in [5, 5.41) is 4.66. The van der Waals surface area contributed by atoms with Gasteiger partial charge in [0.25, 0.3) is 0 Å². The zero-order valence-corrected chi connectivity index (χ0v) is 10.7. The van der Waals surface area contributed by atoms with E-state index in [2.05, 4.69) is 28.5 Å². The summed E-state index contributed by atoms with van der Waals surface area (Å²) >= 11 is 2.07. The van der Waals surface area contributed by atoms with Crippen LogP contribution in [0.3, 0.4) is 0 Å². The molecule has 1 aromatic rings. The molecule has 4 heteroatoms. The summed E-state index contributed by atoms with van der Waals surface area (Å²) in [6.45, 7) is 3.37. The van der Waals surface area contributed by atoms with Crippen LogP contribution in [0.25, 0.3) is 0 Å². The van der Waals surface area contributed by atoms with Crippen LogP contribution in [0.15, 0.2) is 0 Å². The van der Waals surface area contributed by atoms with Crippen LogP contribution >= 0.6 is 11.8 Å². The first-order chi connectivity index (χ1) is 7.81. The molecule has 3 nitrogen and oxygen atoms in total. The molecule has 1 fully saturated rings. The summed E-state index contributed by atoms with van der Waals surface area (Å²) in [5.41, 5.74) is 0. The summed E-state index contributed by atoms with van der Waals surface area (Å²) in [5.74, 6) is 6.54. The van der Waals surface area contributed by atoms with Crippen LogP contribution in [0, 0.1) is 11.8 Å². The van der Waals surface area contributed by atoms with E-state index >= 15 is 0 Å². The van der Waals surface area contributed by atoms with Crippen molar-refractivity contribution in [3.8, 4) is 0 Å². The van der Waals surface area contributed by atoms with Gasteiger partial charge in [-0.25, -0.2) is 9.67 Å². The van der Waals surface area contributed by atoms with Crippen LogP contribution in [0.5, 0.6) is 0 Å². The fourth-order valence-electron chi connectivity index (χ4n) is 2.61. The van der Waals surface area contributed by atoms with Crippen LogP contribution in [0.4, 0.5) is 0 Å². The molecule has 0 radical (unpaired) electrons. The Hall–Kier alpha value is -0.510. The maximum absolute atomic E-state index is 4.69. The summed E-state index contributed by atoms with van der Waals surface area (Å²) in [6, 6.07) is 0. The fraction of sp³-hybridized carbons (Fsp3) is 0.833. The minimum Gasteiger partial charge on any atom is -0.250 e. The van der Waals surface area contributed by atoms with Crippen molar-refractivity contribution in [1.29, 1.82) is 0 Å². The Bertz CT molecular complexity index is 368. The number of hydrogen-bond acceptors (Lipinski definition) is 3. The van der Waals surface area contributed by atoms with Crippen LogP contribution in [-0.2, 0) is 19.4 Å². The second-order valence-electron chi connectivity index (χ2n) is 5.20. The number of aromatic nitrogens is 3. The lowest BCUT2D eigenvalue weighted by Crippen LogP contribution is -2.18. The summed E-state index contributed by atoms with van der Waals surface area (Å²) < 4.78 is 2.14. The maximum atomic E-state index is 4.69. The highest BCUT2D eigenvalue weighted by Gasteiger charge is 2.22. The standard InChI is InChI=1S/C12H19N3S/c1-9-2-3-12-13-11(14-15(12)7-9)6-10-4-5-16-8-10/h9-10H,2-8H2,1H3. The van der Waals surface area contributed by atoms with Gasteiger partial charge >= 0.3 is 0 Å². The predicted octanol–water partition coefficient (Wildman–Crippen LogP) is 2.16. The van der Waals surface area contributed by atoms with E-state index in [1.165, 1.54) is 30.2 Å². The van der Waals surface area contributed by atoms with Gasteiger partial charge in [-0.2, -0.15) is 16.9 Å². The van der Waals surface area contributed by atoms with Crippen molar-refractivity contribution in [2.45, 2.75) is 39.2 Å². The molecule has 1 saturated heterocycles. The second-order valence-corrected chi connectivity index (χ2v) is 6.35. The van der Waals surface area contributed by atoms with Gasteiger partial charge in [-0.1, -0.05) is 6.92 Å². The Morgan fingerprint density at radius 3 is 3.19 bits per heavy atom. The highest BCUT2D eigenvalue weighted by Crippen LogP contribution is 2.26. The van der Waals surface area contributed by atoms with Crippen LogP contribution in [0.1, 0.15) is 31.4 Å². The molecule has 1 aromatic heterocycles. The van der Waals surface area contributed by atoms with Gasteiger partial charge in [-0.3, -0.25) is 0 Å². The van der Waals surface area contributed by atoms with Crippen LogP contribution in [-0.4, -0.2) is 26.3 Å². The average Bonchev–Trinajstić information content (AvgIpc) is 2.86. The third-order valence-corrected chi connectivity index (χ3v) is 4.86. The molecular formula is C12H19N3S. The molecule has 2 unspecified atom stereocenters. The largest absolute Gasteiger partial charge is 0.250 e. The van der Waals surface area contributed by atoms with Gasteiger partial charge in [0, 0.05) is 19.4 Å². The van der Waals surface area contributed by atoms with E-state index in [1.807, 2.05) is 0 Å². The maximum Gasteiger partial charge on any atom is 0.151 e. The van der Waals surface area contributed by atoms with Gasteiger partial charge in [0.05, 0.1) is 0 Å². The second kappa shape index (κ2) is 4.40. The highest BCUT2D eigenvalue weighted by molar-refractivity contribution is 7.99. The lowest BCUT2D eigenvalue weighted by molar-refractivity contribution is 0.366. The first-order valence-electron chi connectivity index (χ1n) is 6.31. The molecule has 0 N–H and O–H groups in total. The molecule has 0 amide bonds. The average molecular weight is 237 g/mol. The van der Waals surface area contributed by atoms with Gasteiger partial charge in [-0.15, -0.1) is 0 Å². The van der Waals surface area contributed by atoms with E-state index < -0.39 is 0 Å². The fourth-order valence-corrected chi connectivity index (χ4v) is 3.89. The van der Waals surface area contributed by atoms with Crippen LogP contribution < -0.4 is 0 Å². The molecule has 16 heavy (non-hydrogen) atoms. The Balaban J connectivity index is 1.71. The van der Waals surface area contributed by atoms with Crippen molar-refractivity contribution in [2.75, 3.05) is 11.5 Å². The van der Waals surface area contributed by atoms with Crippen molar-refractivity contribution in [3.05, 3.63) is 11.6 Å². The van der Waals surface area contributed by atoms with Gasteiger partial charge in [-0.05, 0) is 36.2 Å². The third-order valence-electron chi connectivity index (χ3n) is 3.63. The summed E-state index contributed by atoms with van der Waals surface area (Å²) in [7, 11) is 0. The number of hydrogen-bond donors (Lipinski definition) is 0. The highest BCUT2D eigenvalue weighted by atomic mass is 32.2. The Morgan fingerprint density at radius 2 is 2.38 bits per heavy atom. The molecule has 88 valence electrons. The van der Waals surface area contributed by atoms with E-state index in [0.717, 1.165) is 37.0 Å². The molecule has 2 atom stereocenters. The lowest BCUT2D eigenvalue weighted by atomic mass is 10.0. The van der Waals surface area contributed by atoms with Crippen molar-refractivity contribution in [2.24, 2.45) is 11.8 Å². The molecule has 0 saturated carbocycles. The van der Waals surface area contributed by atoms with Crippen molar-refractivity contribution in [1.82, 2.24) is 14.8 Å². The van der Waals surface area contributed by atoms with Gasteiger partial charge in [0.2, 0.25) is 0 Å². The Kier molecular flexibility index (Phi) is 2.92. The number of rotatable bonds is 2. The number of nitrogens with zero attached hydrogens (tertiary/aromatic N) is 3. The molecular weight excluding hydrogens is 218 g/mol.